The van der Waals surface area contributed by atoms with Crippen molar-refractivity contribution < 1.29 is 23.5 Å². The van der Waals surface area contributed by atoms with Gasteiger partial charge in [-0.25, -0.2) is 14.0 Å². The lowest BCUT2D eigenvalue weighted by Gasteiger charge is -2.24. The van der Waals surface area contributed by atoms with Crippen molar-refractivity contribution in [2.45, 2.75) is 98.8 Å². The molecule has 0 saturated heterocycles. The molecule has 212 valence electrons. The van der Waals surface area contributed by atoms with Crippen molar-refractivity contribution in [3.05, 3.63) is 39.8 Å². The second-order valence-corrected chi connectivity index (χ2v) is 10.8. The van der Waals surface area contributed by atoms with E-state index in [4.69, 9.17) is 9.47 Å². The quantitative estimate of drug-likeness (QED) is 0.326. The SMILES string of the molecule is CCC[C@H](C)Oc1cc(-n2nc(CN(C)C(=O)OC(C)(C)C)n(C)c2=O)c(F)cc1C(=O)CC(CC)CC. The standard InChI is InChI=1S/C28H43FN4O5/c1-10-13-18(4)37-24-16-22(21(29)15-20(24)23(34)14-19(11-2)12-3)33-26(35)32(9)25(30-33)17-31(8)27(36)38-28(5,6)7/h15-16,18-19H,10-14,17H2,1-9H3/t18-/m0/s1. The number of amides is 1. The normalized spacial score (nSPS) is 12.5. The Hall–Kier alpha value is -3.17. The summed E-state index contributed by atoms with van der Waals surface area (Å²) in [5, 5.41) is 4.30. The number of ether oxygens (including phenoxy) is 2. The summed E-state index contributed by atoms with van der Waals surface area (Å²) in [7, 11) is 3.02. The van der Waals surface area contributed by atoms with Gasteiger partial charge in [0, 0.05) is 26.6 Å². The van der Waals surface area contributed by atoms with E-state index in [1.807, 2.05) is 27.7 Å². The molecule has 1 heterocycles. The van der Waals surface area contributed by atoms with Gasteiger partial charge in [0.25, 0.3) is 0 Å². The molecule has 0 saturated carbocycles. The summed E-state index contributed by atoms with van der Waals surface area (Å²) in [6.45, 7) is 13.2. The van der Waals surface area contributed by atoms with Crippen LogP contribution in [0.1, 0.15) is 96.8 Å². The van der Waals surface area contributed by atoms with Crippen molar-refractivity contribution in [2.24, 2.45) is 13.0 Å². The summed E-state index contributed by atoms with van der Waals surface area (Å²) in [5.74, 6) is -0.313. The highest BCUT2D eigenvalue weighted by atomic mass is 19.1. The van der Waals surface area contributed by atoms with Gasteiger partial charge in [-0.05, 0) is 46.1 Å². The summed E-state index contributed by atoms with van der Waals surface area (Å²) >= 11 is 0. The molecule has 0 aliphatic carbocycles. The molecule has 0 aliphatic rings. The molecule has 2 rings (SSSR count). The number of rotatable bonds is 12. The average Bonchev–Trinajstić information content (AvgIpc) is 3.10. The third-order valence-corrected chi connectivity index (χ3v) is 6.38. The van der Waals surface area contributed by atoms with Crippen molar-refractivity contribution in [1.29, 1.82) is 0 Å². The Balaban J connectivity index is 2.51. The van der Waals surface area contributed by atoms with Gasteiger partial charge in [-0.1, -0.05) is 40.0 Å². The van der Waals surface area contributed by atoms with Gasteiger partial charge >= 0.3 is 11.8 Å². The summed E-state index contributed by atoms with van der Waals surface area (Å²) in [4.78, 5) is 39.9. The van der Waals surface area contributed by atoms with E-state index in [9.17, 15) is 14.4 Å². The van der Waals surface area contributed by atoms with Crippen LogP contribution in [-0.2, 0) is 18.3 Å². The second kappa shape index (κ2) is 13.1. The molecule has 0 radical (unpaired) electrons. The molecule has 0 spiro atoms. The summed E-state index contributed by atoms with van der Waals surface area (Å²) in [6, 6.07) is 2.51. The molecule has 1 aromatic carbocycles. The minimum Gasteiger partial charge on any atom is -0.490 e. The van der Waals surface area contributed by atoms with Gasteiger partial charge in [0.1, 0.15) is 22.9 Å². The molecule has 1 amide bonds. The van der Waals surface area contributed by atoms with E-state index in [-0.39, 0.29) is 53.6 Å². The number of carbonyl (C=O) groups excluding carboxylic acids is 2. The predicted molar refractivity (Wildman–Crippen MR) is 144 cm³/mol. The van der Waals surface area contributed by atoms with Crippen LogP contribution in [0.3, 0.4) is 0 Å². The van der Waals surface area contributed by atoms with Gasteiger partial charge in [0.2, 0.25) is 0 Å². The number of aromatic nitrogens is 3. The van der Waals surface area contributed by atoms with E-state index >= 15 is 4.39 Å². The van der Waals surface area contributed by atoms with Crippen molar-refractivity contribution >= 4 is 11.9 Å². The number of carbonyl (C=O) groups is 2. The number of Topliss-reactive ketones (excluding diaryl/α,β-unsaturated/α-hetero) is 1. The van der Waals surface area contributed by atoms with Crippen LogP contribution in [-0.4, -0.2) is 49.9 Å². The largest absolute Gasteiger partial charge is 0.490 e. The summed E-state index contributed by atoms with van der Waals surface area (Å²) in [5.41, 5.74) is -1.25. The van der Waals surface area contributed by atoms with E-state index < -0.39 is 23.2 Å². The highest BCUT2D eigenvalue weighted by Gasteiger charge is 2.25. The molecule has 0 aliphatic heterocycles. The number of halogens is 1. The zero-order chi connectivity index (χ0) is 28.8. The number of hydrogen-bond donors (Lipinski definition) is 0. The highest BCUT2D eigenvalue weighted by molar-refractivity contribution is 5.99. The first kappa shape index (κ1) is 31.1. The molecule has 38 heavy (non-hydrogen) atoms. The molecule has 9 nitrogen and oxygen atoms in total. The zero-order valence-corrected chi connectivity index (χ0v) is 24.3. The topological polar surface area (TPSA) is 95.7 Å². The van der Waals surface area contributed by atoms with Crippen molar-refractivity contribution in [2.75, 3.05) is 7.05 Å². The molecule has 10 heteroatoms. The zero-order valence-electron chi connectivity index (χ0n) is 24.3. The first-order valence-electron chi connectivity index (χ1n) is 13.3. The second-order valence-electron chi connectivity index (χ2n) is 10.8. The maximum Gasteiger partial charge on any atom is 0.410 e. The van der Waals surface area contributed by atoms with E-state index in [1.54, 1.807) is 20.8 Å². The van der Waals surface area contributed by atoms with Gasteiger partial charge in [-0.2, -0.15) is 4.68 Å². The maximum atomic E-state index is 15.5. The molecule has 2 aromatic rings. The molecular weight excluding hydrogens is 491 g/mol. The van der Waals surface area contributed by atoms with Gasteiger partial charge in [0.05, 0.1) is 18.2 Å². The number of hydrogen-bond acceptors (Lipinski definition) is 6. The van der Waals surface area contributed by atoms with Crippen LogP contribution >= 0.6 is 0 Å². The van der Waals surface area contributed by atoms with Crippen LogP contribution in [0.4, 0.5) is 9.18 Å². The molecule has 0 fully saturated rings. The number of nitrogens with zero attached hydrogens (tertiary/aromatic N) is 4. The number of ketones is 1. The van der Waals surface area contributed by atoms with Crippen LogP contribution in [0.25, 0.3) is 5.69 Å². The fraction of sp³-hybridized carbons (Fsp3) is 0.643. The van der Waals surface area contributed by atoms with Crippen LogP contribution in [0.15, 0.2) is 16.9 Å². The van der Waals surface area contributed by atoms with Gasteiger partial charge in [-0.15, -0.1) is 5.10 Å². The number of benzene rings is 1. The Morgan fingerprint density at radius 2 is 1.79 bits per heavy atom. The van der Waals surface area contributed by atoms with Crippen LogP contribution in [0, 0.1) is 11.7 Å². The van der Waals surface area contributed by atoms with E-state index in [1.165, 1.54) is 29.6 Å². The highest BCUT2D eigenvalue weighted by Crippen LogP contribution is 2.29. The molecule has 1 aromatic heterocycles. The smallest absolute Gasteiger partial charge is 0.410 e. The van der Waals surface area contributed by atoms with Crippen LogP contribution < -0.4 is 10.4 Å². The summed E-state index contributed by atoms with van der Waals surface area (Å²) < 4.78 is 29.1. The fourth-order valence-electron chi connectivity index (χ4n) is 4.04. The van der Waals surface area contributed by atoms with E-state index in [0.717, 1.165) is 36.4 Å². The van der Waals surface area contributed by atoms with Crippen LogP contribution in [0.5, 0.6) is 5.75 Å². The van der Waals surface area contributed by atoms with Crippen molar-refractivity contribution in [1.82, 2.24) is 19.2 Å². The lowest BCUT2D eigenvalue weighted by Crippen LogP contribution is -2.34. The third kappa shape index (κ3) is 7.91. The first-order chi connectivity index (χ1) is 17.7. The van der Waals surface area contributed by atoms with Gasteiger partial charge in [0.15, 0.2) is 11.6 Å². The fourth-order valence-corrected chi connectivity index (χ4v) is 4.04. The van der Waals surface area contributed by atoms with E-state index in [2.05, 4.69) is 5.10 Å². The van der Waals surface area contributed by atoms with Crippen LogP contribution in [0.2, 0.25) is 0 Å². The molecule has 0 unspecified atom stereocenters. The summed E-state index contributed by atoms with van der Waals surface area (Å²) in [6.07, 6.45) is 2.81. The third-order valence-electron chi connectivity index (χ3n) is 6.38. The van der Waals surface area contributed by atoms with Gasteiger partial charge in [-0.3, -0.25) is 9.36 Å². The predicted octanol–water partition coefficient (Wildman–Crippen LogP) is 5.65. The lowest BCUT2D eigenvalue weighted by atomic mass is 9.93. The Bertz CT molecular complexity index is 1180. The Morgan fingerprint density at radius 1 is 1.16 bits per heavy atom. The van der Waals surface area contributed by atoms with Crippen molar-refractivity contribution in [3.8, 4) is 11.4 Å². The minimum atomic E-state index is -0.763. The lowest BCUT2D eigenvalue weighted by molar-refractivity contribution is 0.0279. The van der Waals surface area contributed by atoms with E-state index in [0.29, 0.717) is 0 Å². The average molecular weight is 535 g/mol. The van der Waals surface area contributed by atoms with Gasteiger partial charge < -0.3 is 14.4 Å². The monoisotopic (exact) mass is 534 g/mol. The molecule has 1 atom stereocenters. The maximum absolute atomic E-state index is 15.5. The molecular formula is C28H43FN4O5. The van der Waals surface area contributed by atoms with Crippen molar-refractivity contribution in [3.63, 3.8) is 0 Å². The molecule has 0 bridgehead atoms. The Kier molecular flexibility index (Phi) is 10.7. The molecule has 0 N–H and O–H groups in total. The Morgan fingerprint density at radius 3 is 2.34 bits per heavy atom. The first-order valence-corrected chi connectivity index (χ1v) is 13.3. The Labute approximate surface area is 224 Å². The minimum absolute atomic E-state index is 0.0296.